The summed E-state index contributed by atoms with van der Waals surface area (Å²) in [6.45, 7) is 3.64. The van der Waals surface area contributed by atoms with Gasteiger partial charge >= 0.3 is 0 Å². The molecule has 3 rings (SSSR count). The Morgan fingerprint density at radius 1 is 1.48 bits per heavy atom. The average molecular weight is 287 g/mol. The number of rotatable bonds is 3. The fourth-order valence-electron chi connectivity index (χ4n) is 2.19. The van der Waals surface area contributed by atoms with Gasteiger partial charge in [0, 0.05) is 18.9 Å². The minimum Gasteiger partial charge on any atom is -0.378 e. The molecule has 2 aromatic heterocycles. The van der Waals surface area contributed by atoms with Gasteiger partial charge in [-0.1, -0.05) is 0 Å². The lowest BCUT2D eigenvalue weighted by molar-refractivity contribution is -0.120. The number of hydrogen-bond acceptors (Lipinski definition) is 5. The number of hydrogen-bond donors (Lipinski definition) is 2. The zero-order valence-corrected chi connectivity index (χ0v) is 11.7. The van der Waals surface area contributed by atoms with Crippen molar-refractivity contribution >= 4 is 11.6 Å². The molecule has 0 spiro atoms. The summed E-state index contributed by atoms with van der Waals surface area (Å²) in [4.78, 5) is 20.5. The normalized spacial score (nSPS) is 18.4. The maximum Gasteiger partial charge on any atom is 0.243 e. The van der Waals surface area contributed by atoms with E-state index in [1.807, 2.05) is 29.8 Å². The maximum atomic E-state index is 12.0. The molecule has 1 atom stereocenters. The number of nitrogens with one attached hydrogen (secondary N) is 2. The highest BCUT2D eigenvalue weighted by atomic mass is 16.5. The van der Waals surface area contributed by atoms with E-state index >= 15 is 0 Å². The fraction of sp³-hybridized carbons (Fsp3) is 0.357. The van der Waals surface area contributed by atoms with Crippen LogP contribution in [0.2, 0.25) is 0 Å². The second-order valence-corrected chi connectivity index (χ2v) is 4.82. The molecule has 7 heteroatoms. The Morgan fingerprint density at radius 3 is 3.00 bits per heavy atom. The Balaban J connectivity index is 1.67. The number of morpholine rings is 1. The van der Waals surface area contributed by atoms with E-state index in [1.165, 1.54) is 0 Å². The number of imidazole rings is 1. The molecule has 3 heterocycles. The quantitative estimate of drug-likeness (QED) is 0.859. The molecular formula is C14H17N5O2. The van der Waals surface area contributed by atoms with Gasteiger partial charge in [-0.15, -0.1) is 0 Å². The van der Waals surface area contributed by atoms with Crippen LogP contribution in [0.15, 0.2) is 30.7 Å². The van der Waals surface area contributed by atoms with Crippen LogP contribution in [0.25, 0.3) is 5.82 Å². The molecule has 2 N–H and O–H groups in total. The zero-order valence-electron chi connectivity index (χ0n) is 11.7. The highest BCUT2D eigenvalue weighted by Crippen LogP contribution is 2.12. The van der Waals surface area contributed by atoms with E-state index in [9.17, 15) is 4.79 Å². The Kier molecular flexibility index (Phi) is 3.94. The third kappa shape index (κ3) is 3.09. The number of aryl methyl sites for hydroxylation is 1. The summed E-state index contributed by atoms with van der Waals surface area (Å²) in [5.41, 5.74) is 0.661. The largest absolute Gasteiger partial charge is 0.378 e. The molecule has 1 saturated heterocycles. The van der Waals surface area contributed by atoms with Gasteiger partial charge < -0.3 is 15.4 Å². The number of aromatic nitrogens is 3. The number of anilines is 1. The van der Waals surface area contributed by atoms with E-state index in [1.54, 1.807) is 12.4 Å². The summed E-state index contributed by atoms with van der Waals surface area (Å²) in [5, 5.41) is 5.94. The molecule has 0 aliphatic carbocycles. The Morgan fingerprint density at radius 2 is 2.38 bits per heavy atom. The van der Waals surface area contributed by atoms with Crippen LogP contribution in [0.5, 0.6) is 0 Å². The Bertz CT molecular complexity index is 617. The third-order valence-corrected chi connectivity index (χ3v) is 3.33. The van der Waals surface area contributed by atoms with Crippen LogP contribution < -0.4 is 10.6 Å². The van der Waals surface area contributed by atoms with Gasteiger partial charge in [0.05, 0.1) is 25.1 Å². The van der Waals surface area contributed by atoms with Crippen molar-refractivity contribution in [3.63, 3.8) is 0 Å². The predicted molar refractivity (Wildman–Crippen MR) is 77.3 cm³/mol. The molecule has 21 heavy (non-hydrogen) atoms. The number of carbonyl (C=O) groups excluding carboxylic acids is 1. The zero-order chi connectivity index (χ0) is 14.7. The second-order valence-electron chi connectivity index (χ2n) is 4.82. The second kappa shape index (κ2) is 6.02. The molecule has 7 nitrogen and oxygen atoms in total. The van der Waals surface area contributed by atoms with Crippen molar-refractivity contribution in [1.82, 2.24) is 19.9 Å². The molecule has 110 valence electrons. The lowest BCUT2D eigenvalue weighted by Gasteiger charge is -2.22. The van der Waals surface area contributed by atoms with Crippen LogP contribution in [-0.4, -0.2) is 46.2 Å². The van der Waals surface area contributed by atoms with E-state index in [0.29, 0.717) is 25.4 Å². The highest BCUT2D eigenvalue weighted by molar-refractivity contribution is 5.94. The fourth-order valence-corrected chi connectivity index (χ4v) is 2.19. The molecule has 1 amide bonds. The van der Waals surface area contributed by atoms with Crippen molar-refractivity contribution in [2.75, 3.05) is 25.1 Å². The number of carbonyl (C=O) groups is 1. The van der Waals surface area contributed by atoms with Crippen LogP contribution in [0, 0.1) is 6.92 Å². The standard InChI is InChI=1S/C14H17N5O2/c1-10-15-4-6-19(10)13-3-2-11(8-17-13)18-14(20)12-9-21-7-5-16-12/h2-4,6,8,12,16H,5,7,9H2,1H3,(H,18,20). The molecule has 0 aromatic carbocycles. The van der Waals surface area contributed by atoms with Crippen LogP contribution in [0.1, 0.15) is 5.82 Å². The third-order valence-electron chi connectivity index (χ3n) is 3.33. The molecule has 0 radical (unpaired) electrons. The van der Waals surface area contributed by atoms with Gasteiger partial charge in [-0.3, -0.25) is 9.36 Å². The van der Waals surface area contributed by atoms with Gasteiger partial charge in [-0.05, 0) is 19.1 Å². The van der Waals surface area contributed by atoms with E-state index in [-0.39, 0.29) is 11.9 Å². The van der Waals surface area contributed by atoms with Gasteiger partial charge in [0.25, 0.3) is 0 Å². The Hall–Kier alpha value is -2.25. The molecule has 2 aromatic rings. The van der Waals surface area contributed by atoms with Crippen molar-refractivity contribution < 1.29 is 9.53 Å². The predicted octanol–water partition coefficient (Wildman–Crippen LogP) is 0.503. The minimum absolute atomic E-state index is 0.108. The number of pyridine rings is 1. The van der Waals surface area contributed by atoms with Crippen molar-refractivity contribution in [3.05, 3.63) is 36.5 Å². The molecule has 0 bridgehead atoms. The van der Waals surface area contributed by atoms with Gasteiger partial charge in [0.1, 0.15) is 17.7 Å². The van der Waals surface area contributed by atoms with Gasteiger partial charge in [0.15, 0.2) is 0 Å². The van der Waals surface area contributed by atoms with E-state index in [4.69, 9.17) is 4.74 Å². The molecule has 0 saturated carbocycles. The summed E-state index contributed by atoms with van der Waals surface area (Å²) < 4.78 is 7.15. The monoisotopic (exact) mass is 287 g/mol. The molecule has 1 aliphatic rings. The first-order valence-corrected chi connectivity index (χ1v) is 6.82. The topological polar surface area (TPSA) is 81.1 Å². The molecule has 1 unspecified atom stereocenters. The van der Waals surface area contributed by atoms with Gasteiger partial charge in [0.2, 0.25) is 5.91 Å². The summed E-state index contributed by atoms with van der Waals surface area (Å²) in [6, 6.07) is 3.35. The molecule has 1 fully saturated rings. The smallest absolute Gasteiger partial charge is 0.243 e. The lowest BCUT2D eigenvalue weighted by atomic mass is 10.2. The number of ether oxygens (including phenoxy) is 1. The first kappa shape index (κ1) is 13.7. The maximum absolute atomic E-state index is 12.0. The first-order valence-electron chi connectivity index (χ1n) is 6.82. The average Bonchev–Trinajstić information content (AvgIpc) is 2.95. The van der Waals surface area contributed by atoms with Gasteiger partial charge in [-0.25, -0.2) is 9.97 Å². The van der Waals surface area contributed by atoms with E-state index < -0.39 is 0 Å². The lowest BCUT2D eigenvalue weighted by Crippen LogP contribution is -2.48. The summed E-state index contributed by atoms with van der Waals surface area (Å²) in [5.74, 6) is 1.52. The van der Waals surface area contributed by atoms with E-state index in [0.717, 1.165) is 11.6 Å². The number of nitrogens with zero attached hydrogens (tertiary/aromatic N) is 3. The Labute approximate surface area is 122 Å². The minimum atomic E-state index is -0.311. The summed E-state index contributed by atoms with van der Waals surface area (Å²) in [6.07, 6.45) is 5.21. The summed E-state index contributed by atoms with van der Waals surface area (Å²) in [7, 11) is 0. The SMILES string of the molecule is Cc1nccn1-c1ccc(NC(=O)C2COCCN2)cn1. The van der Waals surface area contributed by atoms with Crippen LogP contribution in [0.3, 0.4) is 0 Å². The molecule has 1 aliphatic heterocycles. The van der Waals surface area contributed by atoms with Crippen molar-refractivity contribution in [2.45, 2.75) is 13.0 Å². The van der Waals surface area contributed by atoms with Crippen molar-refractivity contribution in [1.29, 1.82) is 0 Å². The van der Waals surface area contributed by atoms with E-state index in [2.05, 4.69) is 20.6 Å². The number of amides is 1. The van der Waals surface area contributed by atoms with Crippen LogP contribution in [0.4, 0.5) is 5.69 Å². The first-order chi connectivity index (χ1) is 10.2. The van der Waals surface area contributed by atoms with Crippen LogP contribution >= 0.6 is 0 Å². The van der Waals surface area contributed by atoms with Crippen LogP contribution in [-0.2, 0) is 9.53 Å². The van der Waals surface area contributed by atoms with Crippen molar-refractivity contribution in [3.8, 4) is 5.82 Å². The van der Waals surface area contributed by atoms with Gasteiger partial charge in [-0.2, -0.15) is 0 Å². The van der Waals surface area contributed by atoms with Crippen molar-refractivity contribution in [2.24, 2.45) is 0 Å². The molecular weight excluding hydrogens is 270 g/mol. The highest BCUT2D eigenvalue weighted by Gasteiger charge is 2.21. The summed E-state index contributed by atoms with van der Waals surface area (Å²) >= 11 is 0.